The quantitative estimate of drug-likeness (QED) is 0.475. The Labute approximate surface area is 133 Å². The molecular formula is C18H28O4. The lowest BCUT2D eigenvalue weighted by atomic mass is 10.1. The number of benzene rings is 1. The average Bonchev–Trinajstić information content (AvgIpc) is 2.53. The molecule has 0 saturated heterocycles. The summed E-state index contributed by atoms with van der Waals surface area (Å²) in [7, 11) is 1.31. The van der Waals surface area contributed by atoms with E-state index in [1.54, 1.807) is 12.1 Å². The summed E-state index contributed by atoms with van der Waals surface area (Å²) < 4.78 is 10.1. The summed E-state index contributed by atoms with van der Waals surface area (Å²) in [6.45, 7) is 2.81. The van der Waals surface area contributed by atoms with Gasteiger partial charge in [0.1, 0.15) is 0 Å². The van der Waals surface area contributed by atoms with Crippen LogP contribution in [0.4, 0.5) is 0 Å². The Kier molecular flexibility index (Phi) is 9.12. The first-order valence-electron chi connectivity index (χ1n) is 8.23. The Morgan fingerprint density at radius 3 is 2.27 bits per heavy atom. The third-order valence-electron chi connectivity index (χ3n) is 3.64. The number of phenolic OH excluding ortho intramolecular Hbond substituents is 1. The standard InChI is InChI=1S/C18H28O4/c1-3-4-5-6-7-8-9-10-13-22-17-12-11-15(14-16(17)19)18(20)21-2/h11-12,14,19H,3-10,13H2,1-2H3. The normalized spacial score (nSPS) is 10.5. The van der Waals surface area contributed by atoms with E-state index in [1.807, 2.05) is 0 Å². The molecule has 0 aliphatic rings. The van der Waals surface area contributed by atoms with Gasteiger partial charge < -0.3 is 14.6 Å². The van der Waals surface area contributed by atoms with Crippen LogP contribution in [0.15, 0.2) is 18.2 Å². The third-order valence-corrected chi connectivity index (χ3v) is 3.64. The number of rotatable bonds is 11. The molecule has 1 N–H and O–H groups in total. The molecule has 0 aliphatic carbocycles. The van der Waals surface area contributed by atoms with E-state index < -0.39 is 5.97 Å². The second-order valence-corrected chi connectivity index (χ2v) is 5.50. The molecular weight excluding hydrogens is 280 g/mol. The van der Waals surface area contributed by atoms with E-state index in [0.29, 0.717) is 17.9 Å². The van der Waals surface area contributed by atoms with E-state index in [-0.39, 0.29) is 5.75 Å². The number of phenols is 1. The Hall–Kier alpha value is -1.71. The minimum Gasteiger partial charge on any atom is -0.504 e. The van der Waals surface area contributed by atoms with Gasteiger partial charge in [-0.1, -0.05) is 51.9 Å². The van der Waals surface area contributed by atoms with E-state index >= 15 is 0 Å². The van der Waals surface area contributed by atoms with Crippen molar-refractivity contribution < 1.29 is 19.4 Å². The van der Waals surface area contributed by atoms with Crippen LogP contribution in [0, 0.1) is 0 Å². The summed E-state index contributed by atoms with van der Waals surface area (Å²) in [5.41, 5.74) is 0.319. The SMILES string of the molecule is CCCCCCCCCCOc1ccc(C(=O)OC)cc1O. The van der Waals surface area contributed by atoms with E-state index in [2.05, 4.69) is 11.7 Å². The molecule has 124 valence electrons. The number of hydrogen-bond acceptors (Lipinski definition) is 4. The molecule has 0 atom stereocenters. The molecule has 0 spiro atoms. The highest BCUT2D eigenvalue weighted by Gasteiger charge is 2.09. The third kappa shape index (κ3) is 6.83. The highest BCUT2D eigenvalue weighted by molar-refractivity contribution is 5.90. The van der Waals surface area contributed by atoms with Crippen LogP contribution >= 0.6 is 0 Å². The van der Waals surface area contributed by atoms with Gasteiger partial charge in [0.25, 0.3) is 0 Å². The fourth-order valence-electron chi connectivity index (χ4n) is 2.30. The highest BCUT2D eigenvalue weighted by Crippen LogP contribution is 2.27. The van der Waals surface area contributed by atoms with E-state index in [1.165, 1.54) is 51.7 Å². The fourth-order valence-corrected chi connectivity index (χ4v) is 2.30. The summed E-state index contributed by atoms with van der Waals surface area (Å²) in [5, 5.41) is 9.83. The molecule has 0 bridgehead atoms. The number of carbonyl (C=O) groups excluding carboxylic acids is 1. The smallest absolute Gasteiger partial charge is 0.337 e. The van der Waals surface area contributed by atoms with Crippen molar-refractivity contribution in [3.05, 3.63) is 23.8 Å². The maximum Gasteiger partial charge on any atom is 0.337 e. The summed E-state index contributed by atoms with van der Waals surface area (Å²) in [6, 6.07) is 4.57. The summed E-state index contributed by atoms with van der Waals surface area (Å²) in [6.07, 6.45) is 9.94. The van der Waals surface area contributed by atoms with Crippen molar-refractivity contribution in [2.24, 2.45) is 0 Å². The zero-order chi connectivity index (χ0) is 16.2. The minimum atomic E-state index is -0.468. The predicted molar refractivity (Wildman–Crippen MR) is 87.6 cm³/mol. The van der Waals surface area contributed by atoms with Gasteiger partial charge >= 0.3 is 5.97 Å². The minimum absolute atomic E-state index is 0.0255. The van der Waals surface area contributed by atoms with Crippen LogP contribution in [-0.4, -0.2) is 24.8 Å². The molecule has 22 heavy (non-hydrogen) atoms. The Morgan fingerprint density at radius 2 is 1.68 bits per heavy atom. The summed E-state index contributed by atoms with van der Waals surface area (Å²) in [5.74, 6) is -0.0806. The molecule has 1 aromatic rings. The molecule has 0 fully saturated rings. The number of carbonyl (C=O) groups is 1. The van der Waals surface area contributed by atoms with Crippen molar-refractivity contribution in [2.75, 3.05) is 13.7 Å². The molecule has 1 aromatic carbocycles. The number of hydrogen-bond donors (Lipinski definition) is 1. The van der Waals surface area contributed by atoms with Crippen LogP contribution < -0.4 is 4.74 Å². The van der Waals surface area contributed by atoms with Crippen molar-refractivity contribution >= 4 is 5.97 Å². The van der Waals surface area contributed by atoms with Crippen molar-refractivity contribution in [3.8, 4) is 11.5 Å². The van der Waals surface area contributed by atoms with Gasteiger partial charge in [0.15, 0.2) is 11.5 Å². The molecule has 0 amide bonds. The lowest BCUT2D eigenvalue weighted by Crippen LogP contribution is -2.02. The van der Waals surface area contributed by atoms with E-state index in [9.17, 15) is 9.90 Å². The van der Waals surface area contributed by atoms with Crippen LogP contribution in [0.1, 0.15) is 68.6 Å². The zero-order valence-corrected chi connectivity index (χ0v) is 13.8. The van der Waals surface area contributed by atoms with Crippen LogP contribution in [0.5, 0.6) is 11.5 Å². The van der Waals surface area contributed by atoms with Gasteiger partial charge in [-0.15, -0.1) is 0 Å². The molecule has 1 rings (SSSR count). The molecule has 4 heteroatoms. The van der Waals surface area contributed by atoms with Crippen molar-refractivity contribution in [1.29, 1.82) is 0 Å². The van der Waals surface area contributed by atoms with Gasteiger partial charge in [-0.05, 0) is 24.6 Å². The number of methoxy groups -OCH3 is 1. The molecule has 0 unspecified atom stereocenters. The fraction of sp³-hybridized carbons (Fsp3) is 0.611. The topological polar surface area (TPSA) is 55.8 Å². The predicted octanol–water partition coefficient (Wildman–Crippen LogP) is 4.70. The molecule has 4 nitrogen and oxygen atoms in total. The first kappa shape index (κ1) is 18.3. The van der Waals surface area contributed by atoms with E-state index in [4.69, 9.17) is 4.74 Å². The Bertz CT molecular complexity index is 443. The van der Waals surface area contributed by atoms with Crippen LogP contribution in [-0.2, 0) is 4.74 Å². The summed E-state index contributed by atoms with van der Waals surface area (Å²) in [4.78, 5) is 11.3. The van der Waals surface area contributed by atoms with Gasteiger partial charge in [0.05, 0.1) is 19.3 Å². The van der Waals surface area contributed by atoms with Gasteiger partial charge in [0.2, 0.25) is 0 Å². The van der Waals surface area contributed by atoms with Crippen molar-refractivity contribution in [1.82, 2.24) is 0 Å². The first-order chi connectivity index (χ1) is 10.7. The molecule has 0 aliphatic heterocycles. The lowest BCUT2D eigenvalue weighted by Gasteiger charge is -2.09. The largest absolute Gasteiger partial charge is 0.504 e. The van der Waals surface area contributed by atoms with Gasteiger partial charge in [0, 0.05) is 0 Å². The first-order valence-corrected chi connectivity index (χ1v) is 8.23. The average molecular weight is 308 g/mol. The van der Waals surface area contributed by atoms with Gasteiger partial charge in [-0.25, -0.2) is 4.79 Å². The molecule has 0 aromatic heterocycles. The lowest BCUT2D eigenvalue weighted by molar-refractivity contribution is 0.0600. The van der Waals surface area contributed by atoms with Gasteiger partial charge in [-0.2, -0.15) is 0 Å². The number of unbranched alkanes of at least 4 members (excludes halogenated alkanes) is 7. The Balaban J connectivity index is 2.18. The van der Waals surface area contributed by atoms with E-state index in [0.717, 1.165) is 12.8 Å². The van der Waals surface area contributed by atoms with Crippen LogP contribution in [0.3, 0.4) is 0 Å². The number of ether oxygens (including phenoxy) is 2. The summed E-state index contributed by atoms with van der Waals surface area (Å²) >= 11 is 0. The van der Waals surface area contributed by atoms with Crippen LogP contribution in [0.25, 0.3) is 0 Å². The van der Waals surface area contributed by atoms with Crippen LogP contribution in [0.2, 0.25) is 0 Å². The van der Waals surface area contributed by atoms with Gasteiger partial charge in [-0.3, -0.25) is 0 Å². The number of aromatic hydroxyl groups is 1. The highest BCUT2D eigenvalue weighted by atomic mass is 16.5. The molecule has 0 heterocycles. The monoisotopic (exact) mass is 308 g/mol. The molecule has 0 radical (unpaired) electrons. The second kappa shape index (κ2) is 10.9. The van der Waals surface area contributed by atoms with Crippen molar-refractivity contribution in [2.45, 2.75) is 58.3 Å². The Morgan fingerprint density at radius 1 is 1.05 bits per heavy atom. The number of esters is 1. The molecule has 0 saturated carbocycles. The second-order valence-electron chi connectivity index (χ2n) is 5.50. The maximum absolute atomic E-state index is 11.3. The zero-order valence-electron chi connectivity index (χ0n) is 13.8. The maximum atomic E-state index is 11.3. The van der Waals surface area contributed by atoms with Crippen molar-refractivity contribution in [3.63, 3.8) is 0 Å².